The van der Waals surface area contributed by atoms with Crippen molar-refractivity contribution in [3.8, 4) is 5.75 Å². The van der Waals surface area contributed by atoms with Gasteiger partial charge in [0.1, 0.15) is 5.75 Å². The molecular formula is C16H22O3. The van der Waals surface area contributed by atoms with Gasteiger partial charge in [-0.15, -0.1) is 0 Å². The molecule has 3 heteroatoms. The first-order valence-corrected chi connectivity index (χ1v) is 6.74. The summed E-state index contributed by atoms with van der Waals surface area (Å²) < 4.78 is 17.0. The van der Waals surface area contributed by atoms with Gasteiger partial charge in [0.2, 0.25) is 0 Å². The first kappa shape index (κ1) is 14.1. The van der Waals surface area contributed by atoms with Gasteiger partial charge in [0.15, 0.2) is 6.29 Å². The van der Waals surface area contributed by atoms with Gasteiger partial charge in [-0.1, -0.05) is 32.6 Å². The number of hydrogen-bond acceptors (Lipinski definition) is 3. The molecule has 0 spiro atoms. The lowest BCUT2D eigenvalue weighted by Crippen LogP contribution is -2.35. The topological polar surface area (TPSA) is 27.7 Å². The maximum atomic E-state index is 6.05. The van der Waals surface area contributed by atoms with E-state index in [0.717, 1.165) is 23.3 Å². The molecule has 0 amide bonds. The summed E-state index contributed by atoms with van der Waals surface area (Å²) in [6.45, 7) is 9.04. The van der Waals surface area contributed by atoms with Crippen molar-refractivity contribution in [2.75, 3.05) is 13.7 Å². The third kappa shape index (κ3) is 3.17. The Morgan fingerprint density at radius 2 is 2.05 bits per heavy atom. The van der Waals surface area contributed by atoms with E-state index in [1.807, 2.05) is 24.3 Å². The highest BCUT2D eigenvalue weighted by Crippen LogP contribution is 2.33. The quantitative estimate of drug-likeness (QED) is 0.774. The zero-order chi connectivity index (χ0) is 13.8. The smallest absolute Gasteiger partial charge is 0.184 e. The Hall–Kier alpha value is -1.32. The van der Waals surface area contributed by atoms with Crippen LogP contribution in [-0.4, -0.2) is 19.8 Å². The first-order chi connectivity index (χ1) is 9.15. The van der Waals surface area contributed by atoms with Crippen molar-refractivity contribution in [2.45, 2.75) is 32.7 Å². The van der Waals surface area contributed by atoms with Gasteiger partial charge in [-0.25, -0.2) is 0 Å². The zero-order valence-corrected chi connectivity index (χ0v) is 11.9. The fourth-order valence-electron chi connectivity index (χ4n) is 2.27. The van der Waals surface area contributed by atoms with E-state index in [1.165, 1.54) is 0 Å². The Morgan fingerprint density at radius 1 is 1.37 bits per heavy atom. The van der Waals surface area contributed by atoms with Gasteiger partial charge in [-0.05, 0) is 24.1 Å². The summed E-state index contributed by atoms with van der Waals surface area (Å²) in [7, 11) is 1.66. The standard InChI is InChI=1S/C16H22O3/c1-5-11(2)15-12(3)10-18-16(19-15)13-6-8-14(17-4)9-7-13/h6-9,12,15-16H,2,5,10H2,1,3-4H3/t12-,15+,16?/m1/s1. The Labute approximate surface area is 115 Å². The van der Waals surface area contributed by atoms with E-state index in [4.69, 9.17) is 14.2 Å². The Balaban J connectivity index is 2.10. The first-order valence-electron chi connectivity index (χ1n) is 6.74. The van der Waals surface area contributed by atoms with Crippen LogP contribution in [0.1, 0.15) is 32.1 Å². The van der Waals surface area contributed by atoms with Gasteiger partial charge < -0.3 is 14.2 Å². The van der Waals surface area contributed by atoms with E-state index < -0.39 is 0 Å². The van der Waals surface area contributed by atoms with Crippen molar-refractivity contribution in [3.05, 3.63) is 42.0 Å². The van der Waals surface area contributed by atoms with Crippen molar-refractivity contribution in [2.24, 2.45) is 5.92 Å². The molecule has 1 aliphatic rings. The monoisotopic (exact) mass is 262 g/mol. The molecule has 3 nitrogen and oxygen atoms in total. The lowest BCUT2D eigenvalue weighted by Gasteiger charge is -2.36. The van der Waals surface area contributed by atoms with Gasteiger partial charge in [0.25, 0.3) is 0 Å². The van der Waals surface area contributed by atoms with Crippen LogP contribution in [-0.2, 0) is 9.47 Å². The van der Waals surface area contributed by atoms with Gasteiger partial charge >= 0.3 is 0 Å². The van der Waals surface area contributed by atoms with E-state index in [-0.39, 0.29) is 12.4 Å². The minimum Gasteiger partial charge on any atom is -0.497 e. The molecule has 1 aromatic carbocycles. The molecule has 1 unspecified atom stereocenters. The Kier molecular flexibility index (Phi) is 4.61. The van der Waals surface area contributed by atoms with Gasteiger partial charge in [-0.3, -0.25) is 0 Å². The van der Waals surface area contributed by atoms with Crippen LogP contribution in [0, 0.1) is 5.92 Å². The number of methoxy groups -OCH3 is 1. The van der Waals surface area contributed by atoms with Crippen molar-refractivity contribution in [1.82, 2.24) is 0 Å². The third-order valence-electron chi connectivity index (χ3n) is 3.54. The molecule has 1 aromatic rings. The number of hydrogen-bond donors (Lipinski definition) is 0. The maximum Gasteiger partial charge on any atom is 0.184 e. The molecule has 1 saturated heterocycles. The average Bonchev–Trinajstić information content (AvgIpc) is 2.47. The third-order valence-corrected chi connectivity index (χ3v) is 3.54. The predicted molar refractivity (Wildman–Crippen MR) is 75.2 cm³/mol. The van der Waals surface area contributed by atoms with E-state index in [0.29, 0.717) is 12.5 Å². The summed E-state index contributed by atoms with van der Waals surface area (Å²) in [5.74, 6) is 1.18. The number of benzene rings is 1. The normalized spacial score (nSPS) is 27.0. The highest BCUT2D eigenvalue weighted by molar-refractivity contribution is 5.28. The zero-order valence-electron chi connectivity index (χ0n) is 11.9. The summed E-state index contributed by atoms with van der Waals surface area (Å²) in [5, 5.41) is 0. The van der Waals surface area contributed by atoms with E-state index in [2.05, 4.69) is 20.4 Å². The van der Waals surface area contributed by atoms with Crippen LogP contribution in [0.2, 0.25) is 0 Å². The number of ether oxygens (including phenoxy) is 3. The van der Waals surface area contributed by atoms with Crippen molar-refractivity contribution >= 4 is 0 Å². The van der Waals surface area contributed by atoms with E-state index >= 15 is 0 Å². The molecule has 0 saturated carbocycles. The molecule has 19 heavy (non-hydrogen) atoms. The molecule has 0 aromatic heterocycles. The molecule has 0 aliphatic carbocycles. The molecule has 0 bridgehead atoms. The maximum absolute atomic E-state index is 6.05. The molecule has 1 heterocycles. The van der Waals surface area contributed by atoms with Crippen LogP contribution in [0.5, 0.6) is 5.75 Å². The van der Waals surface area contributed by atoms with Crippen LogP contribution in [0.15, 0.2) is 36.4 Å². The summed E-state index contributed by atoms with van der Waals surface area (Å²) in [6, 6.07) is 7.80. The van der Waals surface area contributed by atoms with Crippen molar-refractivity contribution < 1.29 is 14.2 Å². The predicted octanol–water partition coefficient (Wildman–Crippen LogP) is 3.71. The second-order valence-corrected chi connectivity index (χ2v) is 4.98. The average molecular weight is 262 g/mol. The summed E-state index contributed by atoms with van der Waals surface area (Å²) in [6.07, 6.45) is 0.700. The van der Waals surface area contributed by atoms with E-state index in [9.17, 15) is 0 Å². The lowest BCUT2D eigenvalue weighted by molar-refractivity contribution is -0.228. The van der Waals surface area contributed by atoms with Gasteiger partial charge in [0.05, 0.1) is 19.8 Å². The Bertz CT molecular complexity index is 424. The fraction of sp³-hybridized carbons (Fsp3) is 0.500. The molecule has 0 radical (unpaired) electrons. The lowest BCUT2D eigenvalue weighted by atomic mass is 9.96. The highest BCUT2D eigenvalue weighted by atomic mass is 16.7. The van der Waals surface area contributed by atoms with Crippen molar-refractivity contribution in [3.63, 3.8) is 0 Å². The van der Waals surface area contributed by atoms with Crippen LogP contribution >= 0.6 is 0 Å². The van der Waals surface area contributed by atoms with Crippen LogP contribution in [0.25, 0.3) is 0 Å². The minimum atomic E-state index is -0.310. The highest BCUT2D eigenvalue weighted by Gasteiger charge is 2.31. The van der Waals surface area contributed by atoms with Crippen LogP contribution < -0.4 is 4.74 Å². The molecule has 104 valence electrons. The van der Waals surface area contributed by atoms with E-state index in [1.54, 1.807) is 7.11 Å². The van der Waals surface area contributed by atoms with Gasteiger partial charge in [0, 0.05) is 11.5 Å². The van der Waals surface area contributed by atoms with Crippen LogP contribution in [0.3, 0.4) is 0 Å². The largest absolute Gasteiger partial charge is 0.497 e. The molecule has 2 rings (SSSR count). The van der Waals surface area contributed by atoms with Crippen LogP contribution in [0.4, 0.5) is 0 Å². The molecule has 1 fully saturated rings. The summed E-state index contributed by atoms with van der Waals surface area (Å²) in [5.41, 5.74) is 2.15. The Morgan fingerprint density at radius 3 is 2.63 bits per heavy atom. The second-order valence-electron chi connectivity index (χ2n) is 4.98. The van der Waals surface area contributed by atoms with Crippen molar-refractivity contribution in [1.29, 1.82) is 0 Å². The fourth-order valence-corrected chi connectivity index (χ4v) is 2.27. The summed E-state index contributed by atoms with van der Waals surface area (Å²) in [4.78, 5) is 0. The SMILES string of the molecule is C=C(CC)[C@@H]1OC(c2ccc(OC)cc2)OC[C@H]1C. The molecule has 1 aliphatic heterocycles. The molecule has 0 N–H and O–H groups in total. The number of rotatable bonds is 4. The molecule has 3 atom stereocenters. The summed E-state index contributed by atoms with van der Waals surface area (Å²) >= 11 is 0. The second kappa shape index (κ2) is 6.22. The molecular weight excluding hydrogens is 240 g/mol. The van der Waals surface area contributed by atoms with Gasteiger partial charge in [-0.2, -0.15) is 0 Å². The minimum absolute atomic E-state index is 0.0749.